The van der Waals surface area contributed by atoms with E-state index in [0.29, 0.717) is 0 Å². The summed E-state index contributed by atoms with van der Waals surface area (Å²) in [4.78, 5) is 22.6. The van der Waals surface area contributed by atoms with E-state index in [1.807, 2.05) is 13.8 Å². The van der Waals surface area contributed by atoms with Crippen molar-refractivity contribution in [3.05, 3.63) is 0 Å². The lowest BCUT2D eigenvalue weighted by Gasteiger charge is -2.46. The Morgan fingerprint density at radius 2 is 1.84 bits per heavy atom. The normalized spacial score (nSPS) is 27.2. The van der Waals surface area contributed by atoms with Crippen molar-refractivity contribution in [3.8, 4) is 0 Å². The highest BCUT2D eigenvalue weighted by molar-refractivity contribution is 6.74. The van der Waals surface area contributed by atoms with Gasteiger partial charge in [0.05, 0.1) is 18.1 Å². The highest BCUT2D eigenvalue weighted by Crippen LogP contribution is 2.39. The SMILES string of the molecule is C[C@@H](C=O)[C@H]1NC(=O)[C@@H]1[C@@H](C)O[Si](C)(C)C(C)(C)C. The van der Waals surface area contributed by atoms with Crippen LogP contribution in [0.25, 0.3) is 0 Å². The van der Waals surface area contributed by atoms with E-state index in [-0.39, 0.29) is 34.9 Å². The maximum Gasteiger partial charge on any atom is 0.228 e. The van der Waals surface area contributed by atoms with Crippen LogP contribution >= 0.6 is 0 Å². The van der Waals surface area contributed by atoms with Crippen LogP contribution in [0.2, 0.25) is 18.1 Å². The van der Waals surface area contributed by atoms with Crippen molar-refractivity contribution in [2.24, 2.45) is 11.8 Å². The van der Waals surface area contributed by atoms with Crippen LogP contribution < -0.4 is 5.32 Å². The van der Waals surface area contributed by atoms with Crippen molar-refractivity contribution >= 4 is 20.5 Å². The Morgan fingerprint density at radius 1 is 1.32 bits per heavy atom. The maximum absolute atomic E-state index is 11.7. The summed E-state index contributed by atoms with van der Waals surface area (Å²) >= 11 is 0. The van der Waals surface area contributed by atoms with Gasteiger partial charge in [-0.2, -0.15) is 0 Å². The van der Waals surface area contributed by atoms with Gasteiger partial charge in [-0.05, 0) is 25.1 Å². The third-order valence-electron chi connectivity index (χ3n) is 4.57. The topological polar surface area (TPSA) is 55.4 Å². The van der Waals surface area contributed by atoms with Gasteiger partial charge in [0.15, 0.2) is 8.32 Å². The number of carbonyl (C=O) groups excluding carboxylic acids is 2. The third-order valence-corrected chi connectivity index (χ3v) is 9.15. The minimum atomic E-state index is -1.89. The smallest absolute Gasteiger partial charge is 0.228 e. The molecule has 4 atom stereocenters. The van der Waals surface area contributed by atoms with E-state index in [9.17, 15) is 9.59 Å². The van der Waals surface area contributed by atoms with Crippen LogP contribution in [0.15, 0.2) is 0 Å². The molecule has 0 radical (unpaired) electrons. The van der Waals surface area contributed by atoms with Gasteiger partial charge in [-0.25, -0.2) is 0 Å². The number of nitrogens with one attached hydrogen (secondary N) is 1. The van der Waals surface area contributed by atoms with Gasteiger partial charge in [0.2, 0.25) is 5.91 Å². The summed E-state index contributed by atoms with van der Waals surface area (Å²) in [5.41, 5.74) is 0. The predicted molar refractivity (Wildman–Crippen MR) is 78.4 cm³/mol. The summed E-state index contributed by atoms with van der Waals surface area (Å²) in [7, 11) is -1.89. The molecule has 0 bridgehead atoms. The van der Waals surface area contributed by atoms with E-state index in [1.165, 1.54) is 0 Å². The van der Waals surface area contributed by atoms with Crippen molar-refractivity contribution in [3.63, 3.8) is 0 Å². The lowest BCUT2D eigenvalue weighted by molar-refractivity contribution is -0.142. The van der Waals surface area contributed by atoms with E-state index in [2.05, 4.69) is 39.2 Å². The summed E-state index contributed by atoms with van der Waals surface area (Å²) < 4.78 is 6.26. The molecule has 1 saturated heterocycles. The Morgan fingerprint density at radius 3 is 2.21 bits per heavy atom. The van der Waals surface area contributed by atoms with Crippen molar-refractivity contribution in [1.29, 1.82) is 0 Å². The van der Waals surface area contributed by atoms with Gasteiger partial charge < -0.3 is 14.5 Å². The average molecular weight is 285 g/mol. The zero-order valence-corrected chi connectivity index (χ0v) is 14.1. The van der Waals surface area contributed by atoms with Gasteiger partial charge in [0, 0.05) is 5.92 Å². The van der Waals surface area contributed by atoms with Crippen LogP contribution in [-0.4, -0.2) is 32.7 Å². The highest BCUT2D eigenvalue weighted by Gasteiger charge is 2.48. The number of amides is 1. The first-order chi connectivity index (χ1) is 8.51. The van der Waals surface area contributed by atoms with Crippen molar-refractivity contribution in [2.45, 2.75) is 64.9 Å². The van der Waals surface area contributed by atoms with Crippen molar-refractivity contribution < 1.29 is 14.0 Å². The van der Waals surface area contributed by atoms with Crippen LogP contribution in [0.4, 0.5) is 0 Å². The molecule has 0 spiro atoms. The molecule has 1 heterocycles. The molecule has 1 fully saturated rings. The number of carbonyl (C=O) groups is 2. The molecule has 0 aromatic carbocycles. The number of hydrogen-bond acceptors (Lipinski definition) is 3. The van der Waals surface area contributed by atoms with E-state index in [0.717, 1.165) is 6.29 Å². The maximum atomic E-state index is 11.7. The molecule has 0 aromatic rings. The van der Waals surface area contributed by atoms with Gasteiger partial charge in [-0.3, -0.25) is 4.79 Å². The van der Waals surface area contributed by atoms with E-state index >= 15 is 0 Å². The van der Waals surface area contributed by atoms with Gasteiger partial charge in [0.1, 0.15) is 6.29 Å². The Labute approximate surface area is 117 Å². The standard InChI is InChI=1S/C14H27NO3Si/c1-9(8-16)12-11(13(17)15-12)10(2)18-19(6,7)14(3,4)5/h8-12H,1-7H3,(H,15,17)/t9-,10+,11+,12+/m0/s1. The van der Waals surface area contributed by atoms with Crippen LogP contribution in [0.1, 0.15) is 34.6 Å². The molecule has 0 unspecified atom stereocenters. The molecular weight excluding hydrogens is 258 g/mol. The first-order valence-corrected chi connectivity index (χ1v) is 9.85. The molecule has 0 aromatic heterocycles. The fraction of sp³-hybridized carbons (Fsp3) is 0.857. The molecule has 4 nitrogen and oxygen atoms in total. The quantitative estimate of drug-likeness (QED) is 0.479. The largest absolute Gasteiger partial charge is 0.413 e. The number of aldehydes is 1. The first kappa shape index (κ1) is 16.4. The Hall–Kier alpha value is -0.683. The highest BCUT2D eigenvalue weighted by atomic mass is 28.4. The third kappa shape index (κ3) is 3.26. The minimum absolute atomic E-state index is 0.00455. The second-order valence-electron chi connectivity index (χ2n) is 7.14. The minimum Gasteiger partial charge on any atom is -0.413 e. The predicted octanol–water partition coefficient (Wildman–Crippen LogP) is 2.35. The van der Waals surface area contributed by atoms with Gasteiger partial charge in [-0.1, -0.05) is 27.7 Å². The molecule has 0 aliphatic carbocycles. The Kier molecular flexibility index (Phi) is 4.62. The zero-order chi connectivity index (χ0) is 15.0. The Bertz CT molecular complexity index is 362. The van der Waals surface area contributed by atoms with E-state index in [1.54, 1.807) is 0 Å². The van der Waals surface area contributed by atoms with Crippen LogP contribution in [-0.2, 0) is 14.0 Å². The monoisotopic (exact) mass is 285 g/mol. The summed E-state index contributed by atoms with van der Waals surface area (Å²) in [6.07, 6.45) is 0.762. The van der Waals surface area contributed by atoms with Gasteiger partial charge in [0.25, 0.3) is 0 Å². The van der Waals surface area contributed by atoms with Gasteiger partial charge in [-0.15, -0.1) is 0 Å². The fourth-order valence-electron chi connectivity index (χ4n) is 2.18. The van der Waals surface area contributed by atoms with Crippen LogP contribution in [0, 0.1) is 11.8 Å². The summed E-state index contributed by atoms with van der Waals surface area (Å²) in [6, 6.07) is -0.0789. The molecule has 1 aliphatic rings. The lowest BCUT2D eigenvalue weighted by atomic mass is 9.79. The molecule has 19 heavy (non-hydrogen) atoms. The first-order valence-electron chi connectivity index (χ1n) is 6.95. The zero-order valence-electron chi connectivity index (χ0n) is 13.1. The summed E-state index contributed by atoms with van der Waals surface area (Å²) in [5, 5.41) is 2.93. The number of rotatable bonds is 5. The molecule has 1 N–H and O–H groups in total. The molecule has 5 heteroatoms. The average Bonchev–Trinajstić information content (AvgIpc) is 2.22. The second kappa shape index (κ2) is 5.36. The molecule has 1 aliphatic heterocycles. The van der Waals surface area contributed by atoms with Crippen molar-refractivity contribution in [2.75, 3.05) is 0 Å². The molecule has 110 valence electrons. The lowest BCUT2D eigenvalue weighted by Crippen LogP contribution is -2.66. The number of β-lactam (4-membered cyclic amide) rings is 1. The van der Waals surface area contributed by atoms with Gasteiger partial charge >= 0.3 is 0 Å². The molecule has 1 amide bonds. The molecule has 1 rings (SSSR count). The van der Waals surface area contributed by atoms with E-state index < -0.39 is 8.32 Å². The number of hydrogen-bond donors (Lipinski definition) is 1. The molecule has 0 saturated carbocycles. The summed E-state index contributed by atoms with van der Waals surface area (Å²) in [6.45, 7) is 14.7. The fourth-order valence-corrected chi connectivity index (χ4v) is 3.61. The van der Waals surface area contributed by atoms with Crippen LogP contribution in [0.5, 0.6) is 0 Å². The molecular formula is C14H27NO3Si. The van der Waals surface area contributed by atoms with E-state index in [4.69, 9.17) is 4.43 Å². The Balaban J connectivity index is 2.75. The summed E-state index contributed by atoms with van der Waals surface area (Å²) in [5.74, 6) is -0.354. The van der Waals surface area contributed by atoms with Crippen molar-refractivity contribution in [1.82, 2.24) is 5.32 Å². The van der Waals surface area contributed by atoms with Crippen LogP contribution in [0.3, 0.4) is 0 Å². The second-order valence-corrected chi connectivity index (χ2v) is 11.9.